The molecule has 6 nitrogen and oxygen atoms in total. The number of Topliss-reactive ketones (excluding diaryl/α,β-unsaturated/α-hetero) is 1. The Bertz CT molecular complexity index is 1010. The molecule has 1 saturated heterocycles. The van der Waals surface area contributed by atoms with Crippen molar-refractivity contribution in [1.82, 2.24) is 19.8 Å². The van der Waals surface area contributed by atoms with Crippen LogP contribution in [0.3, 0.4) is 0 Å². The maximum atomic E-state index is 12.1. The summed E-state index contributed by atoms with van der Waals surface area (Å²) in [6, 6.07) is 16.4. The van der Waals surface area contributed by atoms with Crippen molar-refractivity contribution in [2.45, 2.75) is 13.1 Å². The van der Waals surface area contributed by atoms with Gasteiger partial charge in [-0.05, 0) is 11.6 Å². The Morgan fingerprint density at radius 3 is 2.39 bits per heavy atom. The molecule has 28 heavy (non-hydrogen) atoms. The van der Waals surface area contributed by atoms with Gasteiger partial charge >= 0.3 is 0 Å². The Labute approximate surface area is 164 Å². The minimum absolute atomic E-state index is 0.101. The molecule has 142 valence electrons. The van der Waals surface area contributed by atoms with Crippen molar-refractivity contribution in [3.8, 4) is 0 Å². The first-order valence-corrected chi connectivity index (χ1v) is 9.81. The van der Waals surface area contributed by atoms with Crippen LogP contribution in [0, 0.1) is 0 Å². The Hall–Kier alpha value is -2.83. The summed E-state index contributed by atoms with van der Waals surface area (Å²) in [5.41, 5.74) is 2.94. The first-order chi connectivity index (χ1) is 13.8. The predicted octanol–water partition coefficient (Wildman–Crippen LogP) is 2.56. The van der Waals surface area contributed by atoms with Gasteiger partial charge in [0.2, 0.25) is 0 Å². The number of carbonyl (C=O) groups is 1. The molecule has 0 bridgehead atoms. The number of hydrogen-bond acceptors (Lipinski definition) is 6. The van der Waals surface area contributed by atoms with Crippen molar-refractivity contribution in [1.29, 1.82) is 0 Å². The second-order valence-electron chi connectivity index (χ2n) is 7.50. The molecule has 1 N–H and O–H groups in total. The molecule has 3 aromatic rings. The summed E-state index contributed by atoms with van der Waals surface area (Å²) in [5, 5.41) is 4.02. The molecule has 3 heterocycles. The lowest BCUT2D eigenvalue weighted by Crippen LogP contribution is -2.45. The summed E-state index contributed by atoms with van der Waals surface area (Å²) in [5.74, 6) is 1.71. The van der Waals surface area contributed by atoms with Crippen LogP contribution in [-0.4, -0.2) is 58.3 Å². The van der Waals surface area contributed by atoms with E-state index in [9.17, 15) is 4.79 Å². The summed E-state index contributed by atoms with van der Waals surface area (Å²) in [7, 11) is 0. The summed E-state index contributed by atoms with van der Waals surface area (Å²) >= 11 is 0. The van der Waals surface area contributed by atoms with Crippen molar-refractivity contribution in [2.75, 3.05) is 38.0 Å². The van der Waals surface area contributed by atoms with E-state index in [1.54, 1.807) is 0 Å². The normalized spacial score (nSPS) is 17.6. The average Bonchev–Trinajstić information content (AvgIpc) is 2.73. The van der Waals surface area contributed by atoms with Gasteiger partial charge in [0.15, 0.2) is 5.78 Å². The number of hydrogen-bond donors (Lipinski definition) is 1. The molecule has 5 rings (SSSR count). The van der Waals surface area contributed by atoms with E-state index in [0.29, 0.717) is 6.54 Å². The number of ketones is 1. The van der Waals surface area contributed by atoms with E-state index >= 15 is 0 Å². The summed E-state index contributed by atoms with van der Waals surface area (Å²) < 4.78 is 0. The second kappa shape index (κ2) is 7.30. The highest BCUT2D eigenvalue weighted by molar-refractivity contribution is 6.15. The quantitative estimate of drug-likeness (QED) is 0.758. The summed E-state index contributed by atoms with van der Waals surface area (Å²) in [4.78, 5) is 26.5. The molecular formula is C22H23N5O. The van der Waals surface area contributed by atoms with E-state index in [4.69, 9.17) is 9.97 Å². The molecule has 2 aromatic carbocycles. The lowest BCUT2D eigenvalue weighted by atomic mass is 10.0. The van der Waals surface area contributed by atoms with E-state index in [1.165, 1.54) is 5.56 Å². The third kappa shape index (κ3) is 3.37. The van der Waals surface area contributed by atoms with E-state index in [2.05, 4.69) is 45.4 Å². The van der Waals surface area contributed by atoms with Crippen LogP contribution < -0.4 is 5.32 Å². The van der Waals surface area contributed by atoms with Gasteiger partial charge in [0.05, 0.1) is 24.0 Å². The zero-order valence-electron chi connectivity index (χ0n) is 15.8. The number of benzene rings is 2. The monoisotopic (exact) mass is 373 g/mol. The smallest absolute Gasteiger partial charge is 0.182 e. The van der Waals surface area contributed by atoms with Crippen LogP contribution in [0.2, 0.25) is 0 Å². The van der Waals surface area contributed by atoms with E-state index in [0.717, 1.165) is 67.4 Å². The fourth-order valence-electron chi connectivity index (χ4n) is 4.07. The number of nitrogens with one attached hydrogen (secondary N) is 1. The lowest BCUT2D eigenvalue weighted by Gasteiger charge is -2.34. The van der Waals surface area contributed by atoms with Gasteiger partial charge in [-0.1, -0.05) is 42.5 Å². The van der Waals surface area contributed by atoms with Crippen LogP contribution in [-0.2, 0) is 13.1 Å². The number of carbonyl (C=O) groups excluding carboxylic acids is 1. The van der Waals surface area contributed by atoms with Crippen LogP contribution in [0.4, 0.5) is 5.82 Å². The van der Waals surface area contributed by atoms with Gasteiger partial charge in [-0.3, -0.25) is 14.6 Å². The SMILES string of the molecule is O=C1CNc2nc(CN3CCN(Cc4ccccc4)CC3)nc3cccc1c23. The molecule has 0 atom stereocenters. The third-order valence-electron chi connectivity index (χ3n) is 5.57. The number of nitrogens with zero attached hydrogens (tertiary/aromatic N) is 4. The fraction of sp³-hybridized carbons (Fsp3) is 0.318. The van der Waals surface area contributed by atoms with Crippen LogP contribution in [0.1, 0.15) is 21.7 Å². The molecule has 0 aliphatic carbocycles. The van der Waals surface area contributed by atoms with Gasteiger partial charge in [-0.25, -0.2) is 9.97 Å². The van der Waals surface area contributed by atoms with Crippen molar-refractivity contribution >= 4 is 22.5 Å². The first-order valence-electron chi connectivity index (χ1n) is 9.81. The van der Waals surface area contributed by atoms with Crippen molar-refractivity contribution in [2.24, 2.45) is 0 Å². The van der Waals surface area contributed by atoms with Crippen LogP contribution in [0.5, 0.6) is 0 Å². The van der Waals surface area contributed by atoms with Crippen molar-refractivity contribution in [3.05, 3.63) is 65.5 Å². The highest BCUT2D eigenvalue weighted by Crippen LogP contribution is 2.28. The van der Waals surface area contributed by atoms with Gasteiger partial charge in [0.25, 0.3) is 0 Å². The zero-order chi connectivity index (χ0) is 18.9. The number of anilines is 1. The van der Waals surface area contributed by atoms with Crippen LogP contribution >= 0.6 is 0 Å². The third-order valence-corrected chi connectivity index (χ3v) is 5.57. The van der Waals surface area contributed by atoms with Crippen molar-refractivity contribution in [3.63, 3.8) is 0 Å². The molecule has 1 fully saturated rings. The minimum Gasteiger partial charge on any atom is -0.362 e. The second-order valence-corrected chi connectivity index (χ2v) is 7.50. The average molecular weight is 373 g/mol. The van der Waals surface area contributed by atoms with E-state index < -0.39 is 0 Å². The van der Waals surface area contributed by atoms with Gasteiger partial charge in [-0.2, -0.15) is 0 Å². The van der Waals surface area contributed by atoms with E-state index in [-0.39, 0.29) is 5.78 Å². The summed E-state index contributed by atoms with van der Waals surface area (Å²) in [6.45, 7) is 6.16. The molecule has 0 unspecified atom stereocenters. The van der Waals surface area contributed by atoms with Crippen LogP contribution in [0.15, 0.2) is 48.5 Å². The molecule has 0 radical (unpaired) electrons. The minimum atomic E-state index is 0.101. The Kier molecular flexibility index (Phi) is 4.50. The largest absolute Gasteiger partial charge is 0.362 e. The molecule has 0 saturated carbocycles. The molecule has 1 aromatic heterocycles. The lowest BCUT2D eigenvalue weighted by molar-refractivity contribution is 0.101. The molecule has 2 aliphatic heterocycles. The first kappa shape index (κ1) is 17.3. The van der Waals surface area contributed by atoms with E-state index in [1.807, 2.05) is 18.2 Å². The number of aromatic nitrogens is 2. The van der Waals surface area contributed by atoms with Gasteiger partial charge in [0.1, 0.15) is 11.6 Å². The number of rotatable bonds is 4. The molecular weight excluding hydrogens is 350 g/mol. The molecule has 0 spiro atoms. The van der Waals surface area contributed by atoms with Gasteiger partial charge in [-0.15, -0.1) is 0 Å². The maximum Gasteiger partial charge on any atom is 0.182 e. The molecule has 0 amide bonds. The Morgan fingerprint density at radius 1 is 0.857 bits per heavy atom. The van der Waals surface area contributed by atoms with Gasteiger partial charge < -0.3 is 5.32 Å². The highest BCUT2D eigenvalue weighted by atomic mass is 16.1. The highest BCUT2D eigenvalue weighted by Gasteiger charge is 2.23. The number of piperazine rings is 1. The van der Waals surface area contributed by atoms with Gasteiger partial charge in [0, 0.05) is 38.3 Å². The molecule has 2 aliphatic rings. The molecule has 6 heteroatoms. The Balaban J connectivity index is 1.27. The topological polar surface area (TPSA) is 61.4 Å². The van der Waals surface area contributed by atoms with Crippen molar-refractivity contribution < 1.29 is 4.79 Å². The summed E-state index contributed by atoms with van der Waals surface area (Å²) in [6.07, 6.45) is 0. The standard InChI is InChI=1S/C22H23N5O/c28-19-13-23-22-21-17(19)7-4-8-18(21)24-20(25-22)15-27-11-9-26(10-12-27)14-16-5-2-1-3-6-16/h1-8H,9-15H2,(H,23,24,25). The maximum absolute atomic E-state index is 12.1. The zero-order valence-corrected chi connectivity index (χ0v) is 15.8. The van der Waals surface area contributed by atoms with Crippen LogP contribution in [0.25, 0.3) is 10.9 Å². The Morgan fingerprint density at radius 2 is 1.61 bits per heavy atom. The fourth-order valence-corrected chi connectivity index (χ4v) is 4.07. The predicted molar refractivity (Wildman–Crippen MR) is 109 cm³/mol.